The molecular formula is C9H19N3O3. The van der Waals surface area contributed by atoms with Crippen LogP contribution in [0.4, 0.5) is 0 Å². The molecule has 0 saturated carbocycles. The maximum Gasteiger partial charge on any atom is 0.235 e. The standard InChI is InChI=1S/C9H19N3O3/c1-3-11-8(13)6-7(9(10)14)12-4-5-15-2/h7,12H,3-6H2,1-2H3,(H2,10,14)(H,11,13). The van der Waals surface area contributed by atoms with E-state index in [9.17, 15) is 9.59 Å². The van der Waals surface area contributed by atoms with Crippen LogP contribution in [0, 0.1) is 0 Å². The maximum atomic E-state index is 11.2. The molecule has 0 heterocycles. The Bertz CT molecular complexity index is 209. The van der Waals surface area contributed by atoms with E-state index < -0.39 is 11.9 Å². The lowest BCUT2D eigenvalue weighted by Gasteiger charge is -2.14. The van der Waals surface area contributed by atoms with Crippen LogP contribution in [0.1, 0.15) is 13.3 Å². The largest absolute Gasteiger partial charge is 0.383 e. The van der Waals surface area contributed by atoms with E-state index in [1.165, 1.54) is 0 Å². The van der Waals surface area contributed by atoms with E-state index in [4.69, 9.17) is 10.5 Å². The fraction of sp³-hybridized carbons (Fsp3) is 0.778. The first kappa shape index (κ1) is 13.9. The molecule has 1 unspecified atom stereocenters. The first-order valence-corrected chi connectivity index (χ1v) is 4.90. The van der Waals surface area contributed by atoms with Crippen molar-refractivity contribution < 1.29 is 14.3 Å². The smallest absolute Gasteiger partial charge is 0.235 e. The highest BCUT2D eigenvalue weighted by molar-refractivity contribution is 5.87. The molecule has 15 heavy (non-hydrogen) atoms. The molecular weight excluding hydrogens is 198 g/mol. The molecule has 0 aromatic carbocycles. The molecule has 0 aliphatic rings. The Morgan fingerprint density at radius 2 is 2.13 bits per heavy atom. The zero-order valence-electron chi connectivity index (χ0n) is 9.21. The highest BCUT2D eigenvalue weighted by Gasteiger charge is 2.17. The Morgan fingerprint density at radius 1 is 1.47 bits per heavy atom. The summed E-state index contributed by atoms with van der Waals surface area (Å²) < 4.78 is 4.81. The van der Waals surface area contributed by atoms with E-state index in [2.05, 4.69) is 10.6 Å². The number of methoxy groups -OCH3 is 1. The number of hydrogen-bond donors (Lipinski definition) is 3. The topological polar surface area (TPSA) is 93.4 Å². The van der Waals surface area contributed by atoms with Crippen LogP contribution >= 0.6 is 0 Å². The second-order valence-corrected chi connectivity index (χ2v) is 3.06. The predicted molar refractivity (Wildman–Crippen MR) is 56.2 cm³/mol. The summed E-state index contributed by atoms with van der Waals surface area (Å²) >= 11 is 0. The second-order valence-electron chi connectivity index (χ2n) is 3.06. The van der Waals surface area contributed by atoms with Crippen molar-refractivity contribution in [2.75, 3.05) is 26.8 Å². The van der Waals surface area contributed by atoms with E-state index >= 15 is 0 Å². The van der Waals surface area contributed by atoms with Gasteiger partial charge in [-0.25, -0.2) is 0 Å². The molecule has 88 valence electrons. The van der Waals surface area contributed by atoms with Gasteiger partial charge in [-0.05, 0) is 6.92 Å². The summed E-state index contributed by atoms with van der Waals surface area (Å²) in [5.41, 5.74) is 5.14. The van der Waals surface area contributed by atoms with Gasteiger partial charge in [-0.15, -0.1) is 0 Å². The number of carbonyl (C=O) groups is 2. The summed E-state index contributed by atoms with van der Waals surface area (Å²) in [5.74, 6) is -0.719. The van der Waals surface area contributed by atoms with Gasteiger partial charge in [0.25, 0.3) is 0 Å². The summed E-state index contributed by atoms with van der Waals surface area (Å²) in [5, 5.41) is 5.45. The number of rotatable bonds is 8. The molecule has 2 amide bonds. The minimum absolute atomic E-state index is 0.0624. The predicted octanol–water partition coefficient (Wildman–Crippen LogP) is -1.40. The summed E-state index contributed by atoms with van der Waals surface area (Å²) in [6, 6.07) is -0.633. The van der Waals surface area contributed by atoms with Crippen LogP contribution < -0.4 is 16.4 Å². The first-order valence-electron chi connectivity index (χ1n) is 4.90. The van der Waals surface area contributed by atoms with Gasteiger partial charge in [0.05, 0.1) is 19.1 Å². The van der Waals surface area contributed by atoms with Gasteiger partial charge < -0.3 is 21.1 Å². The monoisotopic (exact) mass is 217 g/mol. The number of amides is 2. The van der Waals surface area contributed by atoms with Crippen LogP contribution in [0.2, 0.25) is 0 Å². The van der Waals surface area contributed by atoms with E-state index in [-0.39, 0.29) is 12.3 Å². The van der Waals surface area contributed by atoms with Gasteiger partial charge in [0.15, 0.2) is 0 Å². The van der Waals surface area contributed by atoms with Crippen LogP contribution in [0.5, 0.6) is 0 Å². The lowest BCUT2D eigenvalue weighted by Crippen LogP contribution is -2.45. The molecule has 0 radical (unpaired) electrons. The maximum absolute atomic E-state index is 11.2. The van der Waals surface area contributed by atoms with Gasteiger partial charge in [-0.3, -0.25) is 9.59 Å². The molecule has 0 fully saturated rings. The molecule has 0 rings (SSSR count). The first-order chi connectivity index (χ1) is 7.11. The van der Waals surface area contributed by atoms with Gasteiger partial charge >= 0.3 is 0 Å². The minimum atomic E-state index is -0.633. The lowest BCUT2D eigenvalue weighted by molar-refractivity contribution is -0.126. The molecule has 0 spiro atoms. The van der Waals surface area contributed by atoms with Gasteiger partial charge in [0.2, 0.25) is 11.8 Å². The Kier molecular flexibility index (Phi) is 7.57. The summed E-state index contributed by atoms with van der Waals surface area (Å²) in [6.07, 6.45) is 0.0624. The molecule has 0 aromatic rings. The van der Waals surface area contributed by atoms with Crippen molar-refractivity contribution in [3.8, 4) is 0 Å². The zero-order chi connectivity index (χ0) is 11.7. The third-order valence-corrected chi connectivity index (χ3v) is 1.80. The van der Waals surface area contributed by atoms with Crippen molar-refractivity contribution in [3.63, 3.8) is 0 Å². The highest BCUT2D eigenvalue weighted by Crippen LogP contribution is 1.91. The van der Waals surface area contributed by atoms with E-state index in [1.807, 2.05) is 6.92 Å². The highest BCUT2D eigenvalue weighted by atomic mass is 16.5. The minimum Gasteiger partial charge on any atom is -0.383 e. The quantitative estimate of drug-likeness (QED) is 0.436. The molecule has 0 saturated heterocycles. The zero-order valence-corrected chi connectivity index (χ0v) is 9.21. The second kappa shape index (κ2) is 8.19. The number of nitrogens with one attached hydrogen (secondary N) is 2. The van der Waals surface area contributed by atoms with Crippen molar-refractivity contribution in [1.29, 1.82) is 0 Å². The number of hydrogen-bond acceptors (Lipinski definition) is 4. The summed E-state index contributed by atoms with van der Waals surface area (Å²) in [4.78, 5) is 22.2. The molecule has 0 aromatic heterocycles. The van der Waals surface area contributed by atoms with Crippen LogP contribution in [-0.2, 0) is 14.3 Å². The Labute approximate surface area is 89.5 Å². The van der Waals surface area contributed by atoms with Crippen molar-refractivity contribution in [2.45, 2.75) is 19.4 Å². The Balaban J connectivity index is 3.93. The molecule has 0 aliphatic carbocycles. The average molecular weight is 217 g/mol. The van der Waals surface area contributed by atoms with Crippen LogP contribution in [-0.4, -0.2) is 44.7 Å². The van der Waals surface area contributed by atoms with Gasteiger partial charge in [-0.2, -0.15) is 0 Å². The van der Waals surface area contributed by atoms with Gasteiger partial charge in [0.1, 0.15) is 0 Å². The Morgan fingerprint density at radius 3 is 2.60 bits per heavy atom. The summed E-state index contributed by atoms with van der Waals surface area (Å²) in [7, 11) is 1.56. The van der Waals surface area contributed by atoms with Gasteiger partial charge in [0, 0.05) is 20.2 Å². The fourth-order valence-corrected chi connectivity index (χ4v) is 1.06. The summed E-state index contributed by atoms with van der Waals surface area (Å²) in [6.45, 7) is 3.32. The molecule has 0 bridgehead atoms. The molecule has 0 aliphatic heterocycles. The van der Waals surface area contributed by atoms with Crippen molar-refractivity contribution >= 4 is 11.8 Å². The fourth-order valence-electron chi connectivity index (χ4n) is 1.06. The third kappa shape index (κ3) is 6.87. The van der Waals surface area contributed by atoms with Crippen LogP contribution in [0.15, 0.2) is 0 Å². The van der Waals surface area contributed by atoms with Crippen molar-refractivity contribution in [1.82, 2.24) is 10.6 Å². The number of nitrogens with two attached hydrogens (primary N) is 1. The third-order valence-electron chi connectivity index (χ3n) is 1.80. The molecule has 6 heteroatoms. The van der Waals surface area contributed by atoms with Crippen molar-refractivity contribution in [3.05, 3.63) is 0 Å². The van der Waals surface area contributed by atoms with Gasteiger partial charge in [-0.1, -0.05) is 0 Å². The SMILES string of the molecule is CCNC(=O)CC(NCCOC)C(N)=O. The molecule has 6 nitrogen and oxygen atoms in total. The number of ether oxygens (including phenoxy) is 1. The number of primary amides is 1. The van der Waals surface area contributed by atoms with Crippen molar-refractivity contribution in [2.24, 2.45) is 5.73 Å². The number of carbonyl (C=O) groups excluding carboxylic acids is 2. The Hall–Kier alpha value is -1.14. The molecule has 1 atom stereocenters. The van der Waals surface area contributed by atoms with Crippen LogP contribution in [0.3, 0.4) is 0 Å². The van der Waals surface area contributed by atoms with E-state index in [1.54, 1.807) is 7.11 Å². The average Bonchev–Trinajstić information content (AvgIpc) is 2.16. The van der Waals surface area contributed by atoms with E-state index in [0.717, 1.165) is 0 Å². The lowest BCUT2D eigenvalue weighted by atomic mass is 10.2. The normalized spacial score (nSPS) is 12.1. The molecule has 4 N–H and O–H groups in total. The van der Waals surface area contributed by atoms with Crippen LogP contribution in [0.25, 0.3) is 0 Å². The van der Waals surface area contributed by atoms with E-state index in [0.29, 0.717) is 19.7 Å².